The van der Waals surface area contributed by atoms with Crippen LogP contribution in [-0.2, 0) is 0 Å². The lowest BCUT2D eigenvalue weighted by Crippen LogP contribution is -1.87. The molecular formula is C18H12O. The molecule has 0 amide bonds. The summed E-state index contributed by atoms with van der Waals surface area (Å²) in [6.07, 6.45) is 7.72. The normalized spacial score (nSPS) is 13.3. The number of hydrogen-bond donors (Lipinski definition) is 0. The van der Waals surface area contributed by atoms with Gasteiger partial charge in [0.1, 0.15) is 5.75 Å². The summed E-state index contributed by atoms with van der Waals surface area (Å²) in [6, 6.07) is 17.1. The van der Waals surface area contributed by atoms with Crippen molar-refractivity contribution >= 4 is 27.6 Å². The molecule has 1 aliphatic rings. The van der Waals surface area contributed by atoms with Crippen LogP contribution in [0.1, 0.15) is 5.56 Å². The largest absolute Gasteiger partial charge is 0.464 e. The Hall–Kier alpha value is -2.54. The van der Waals surface area contributed by atoms with Gasteiger partial charge < -0.3 is 4.74 Å². The van der Waals surface area contributed by atoms with E-state index in [1.165, 1.54) is 16.2 Å². The van der Waals surface area contributed by atoms with Gasteiger partial charge in [0.2, 0.25) is 0 Å². The van der Waals surface area contributed by atoms with Crippen molar-refractivity contribution in [3.05, 3.63) is 72.5 Å². The molecule has 1 heterocycles. The third kappa shape index (κ3) is 1.63. The number of fused-ring (bicyclic) bond motifs is 4. The third-order valence-corrected chi connectivity index (χ3v) is 3.52. The SMILES string of the molecule is C1=COc2c(ccc3cc4ccccc4cc23)C=C1. The van der Waals surface area contributed by atoms with Crippen molar-refractivity contribution < 1.29 is 4.74 Å². The lowest BCUT2D eigenvalue weighted by atomic mass is 10.0. The first kappa shape index (κ1) is 10.4. The van der Waals surface area contributed by atoms with Crippen LogP contribution in [-0.4, -0.2) is 0 Å². The molecule has 0 aliphatic carbocycles. The minimum atomic E-state index is 0.938. The van der Waals surface area contributed by atoms with E-state index in [9.17, 15) is 0 Å². The summed E-state index contributed by atoms with van der Waals surface area (Å²) in [5.41, 5.74) is 1.12. The van der Waals surface area contributed by atoms with Crippen LogP contribution in [0.25, 0.3) is 27.6 Å². The van der Waals surface area contributed by atoms with Crippen molar-refractivity contribution in [3.8, 4) is 5.75 Å². The molecule has 90 valence electrons. The van der Waals surface area contributed by atoms with Crippen molar-refractivity contribution in [1.29, 1.82) is 0 Å². The summed E-state index contributed by atoms with van der Waals surface area (Å²) in [5.74, 6) is 0.938. The molecule has 0 atom stereocenters. The zero-order valence-electron chi connectivity index (χ0n) is 10.3. The van der Waals surface area contributed by atoms with E-state index in [0.29, 0.717) is 0 Å². The van der Waals surface area contributed by atoms with Gasteiger partial charge in [0.05, 0.1) is 6.26 Å². The first-order valence-corrected chi connectivity index (χ1v) is 6.37. The predicted molar refractivity (Wildman–Crippen MR) is 80.3 cm³/mol. The predicted octanol–water partition coefficient (Wildman–Crippen LogP) is 4.91. The first-order valence-electron chi connectivity index (χ1n) is 6.37. The standard InChI is InChI=1S/C18H12O/c1-2-7-15-12-17-16(11-14(15)6-1)9-8-13-5-3-4-10-19-18(13)17/h1-12H. The molecule has 0 radical (unpaired) electrons. The van der Waals surface area contributed by atoms with Crippen LogP contribution in [0.2, 0.25) is 0 Å². The molecule has 1 nitrogen and oxygen atoms in total. The minimum Gasteiger partial charge on any atom is -0.464 e. The maximum Gasteiger partial charge on any atom is 0.141 e. The van der Waals surface area contributed by atoms with Gasteiger partial charge in [-0.05, 0) is 34.4 Å². The highest BCUT2D eigenvalue weighted by atomic mass is 16.5. The average molecular weight is 244 g/mol. The van der Waals surface area contributed by atoms with Crippen LogP contribution >= 0.6 is 0 Å². The van der Waals surface area contributed by atoms with E-state index in [0.717, 1.165) is 16.7 Å². The Balaban J connectivity index is 2.13. The van der Waals surface area contributed by atoms with Crippen molar-refractivity contribution in [1.82, 2.24) is 0 Å². The molecule has 0 unspecified atom stereocenters. The zero-order valence-corrected chi connectivity index (χ0v) is 10.3. The Bertz CT molecular complexity index is 841. The zero-order chi connectivity index (χ0) is 12.7. The second-order valence-electron chi connectivity index (χ2n) is 4.71. The minimum absolute atomic E-state index is 0.938. The van der Waals surface area contributed by atoms with Crippen molar-refractivity contribution in [2.75, 3.05) is 0 Å². The summed E-state index contributed by atoms with van der Waals surface area (Å²) < 4.78 is 5.77. The molecule has 19 heavy (non-hydrogen) atoms. The van der Waals surface area contributed by atoms with Gasteiger partial charge in [-0.1, -0.05) is 48.6 Å². The molecule has 3 aromatic rings. The Morgan fingerprint density at radius 2 is 1.58 bits per heavy atom. The van der Waals surface area contributed by atoms with Crippen LogP contribution in [0.15, 0.2) is 66.9 Å². The third-order valence-electron chi connectivity index (χ3n) is 3.52. The van der Waals surface area contributed by atoms with E-state index in [4.69, 9.17) is 4.74 Å². The maximum absolute atomic E-state index is 5.77. The quantitative estimate of drug-likeness (QED) is 0.510. The van der Waals surface area contributed by atoms with E-state index in [1.54, 1.807) is 6.26 Å². The van der Waals surface area contributed by atoms with Crippen molar-refractivity contribution in [3.63, 3.8) is 0 Å². The van der Waals surface area contributed by atoms with E-state index in [1.807, 2.05) is 12.2 Å². The van der Waals surface area contributed by atoms with Crippen LogP contribution in [0.5, 0.6) is 5.75 Å². The smallest absolute Gasteiger partial charge is 0.141 e. The lowest BCUT2D eigenvalue weighted by molar-refractivity contribution is 0.487. The van der Waals surface area contributed by atoms with E-state index in [2.05, 4.69) is 54.6 Å². The number of allylic oxidation sites excluding steroid dienone is 2. The average Bonchev–Trinajstić information content (AvgIpc) is 2.70. The number of rotatable bonds is 0. The summed E-state index contributed by atoms with van der Waals surface area (Å²) in [6.45, 7) is 0. The number of benzene rings is 3. The second-order valence-corrected chi connectivity index (χ2v) is 4.71. The summed E-state index contributed by atoms with van der Waals surface area (Å²) in [5, 5.41) is 4.87. The lowest BCUT2D eigenvalue weighted by Gasteiger charge is -2.10. The molecule has 0 saturated heterocycles. The van der Waals surface area contributed by atoms with E-state index in [-0.39, 0.29) is 0 Å². The Labute approximate surface area is 111 Å². The molecule has 0 N–H and O–H groups in total. The number of ether oxygens (including phenoxy) is 1. The molecule has 1 aliphatic heterocycles. The van der Waals surface area contributed by atoms with Crippen LogP contribution < -0.4 is 4.74 Å². The van der Waals surface area contributed by atoms with Gasteiger partial charge in [-0.2, -0.15) is 0 Å². The van der Waals surface area contributed by atoms with Gasteiger partial charge in [-0.25, -0.2) is 0 Å². The molecule has 3 aromatic carbocycles. The summed E-state index contributed by atoms with van der Waals surface area (Å²) in [4.78, 5) is 0. The molecule has 0 bridgehead atoms. The topological polar surface area (TPSA) is 9.23 Å². The highest BCUT2D eigenvalue weighted by Crippen LogP contribution is 2.34. The van der Waals surface area contributed by atoms with Crippen molar-refractivity contribution in [2.45, 2.75) is 0 Å². The van der Waals surface area contributed by atoms with Gasteiger partial charge in [0.15, 0.2) is 0 Å². The summed E-state index contributed by atoms with van der Waals surface area (Å²) >= 11 is 0. The fourth-order valence-electron chi connectivity index (χ4n) is 2.58. The highest BCUT2D eigenvalue weighted by Gasteiger charge is 2.09. The van der Waals surface area contributed by atoms with E-state index < -0.39 is 0 Å². The van der Waals surface area contributed by atoms with Crippen LogP contribution in [0.3, 0.4) is 0 Å². The Morgan fingerprint density at radius 1 is 0.737 bits per heavy atom. The van der Waals surface area contributed by atoms with Gasteiger partial charge in [-0.15, -0.1) is 0 Å². The molecule has 0 fully saturated rings. The highest BCUT2D eigenvalue weighted by molar-refractivity contribution is 6.02. The second kappa shape index (κ2) is 3.99. The molecule has 4 rings (SSSR count). The van der Waals surface area contributed by atoms with Gasteiger partial charge in [-0.3, -0.25) is 0 Å². The Morgan fingerprint density at radius 3 is 2.47 bits per heavy atom. The molecule has 0 aromatic heterocycles. The van der Waals surface area contributed by atoms with Crippen LogP contribution in [0, 0.1) is 0 Å². The molecule has 1 heteroatoms. The maximum atomic E-state index is 5.77. The van der Waals surface area contributed by atoms with Crippen LogP contribution in [0.4, 0.5) is 0 Å². The van der Waals surface area contributed by atoms with E-state index >= 15 is 0 Å². The van der Waals surface area contributed by atoms with Gasteiger partial charge in [0, 0.05) is 10.9 Å². The molecule has 0 spiro atoms. The van der Waals surface area contributed by atoms with Crippen molar-refractivity contribution in [2.24, 2.45) is 0 Å². The fourth-order valence-corrected chi connectivity index (χ4v) is 2.58. The fraction of sp³-hybridized carbons (Fsp3) is 0. The monoisotopic (exact) mass is 244 g/mol. The molecular weight excluding hydrogens is 232 g/mol. The first-order chi connectivity index (χ1) is 9.42. The van der Waals surface area contributed by atoms with Gasteiger partial charge in [0.25, 0.3) is 0 Å². The molecule has 0 saturated carbocycles. The Kier molecular flexibility index (Phi) is 2.18. The number of hydrogen-bond acceptors (Lipinski definition) is 1. The summed E-state index contributed by atoms with van der Waals surface area (Å²) in [7, 11) is 0. The van der Waals surface area contributed by atoms with Gasteiger partial charge >= 0.3 is 0 Å².